The summed E-state index contributed by atoms with van der Waals surface area (Å²) in [5.74, 6) is 7.67. The van der Waals surface area contributed by atoms with Crippen molar-refractivity contribution in [3.05, 3.63) is 0 Å². The highest BCUT2D eigenvalue weighted by Crippen LogP contribution is 2.68. The molecule has 0 heterocycles. The van der Waals surface area contributed by atoms with Crippen LogP contribution in [0.3, 0.4) is 0 Å². The summed E-state index contributed by atoms with van der Waals surface area (Å²) in [4.78, 5) is 12.1. The Hall–Kier alpha value is -0.330. The second kappa shape index (κ2) is 8.55. The number of Topliss-reactive ketones (excluding diaryl/α,β-unsaturated/α-hetero) is 1. The maximum atomic E-state index is 12.1. The Morgan fingerprint density at radius 1 is 0.900 bits per heavy atom. The summed E-state index contributed by atoms with van der Waals surface area (Å²) < 4.78 is 0. The van der Waals surface area contributed by atoms with Gasteiger partial charge in [0.15, 0.2) is 0 Å². The van der Waals surface area contributed by atoms with E-state index in [9.17, 15) is 4.79 Å². The zero-order valence-corrected chi connectivity index (χ0v) is 21.0. The molecule has 4 saturated carbocycles. The molecule has 0 bridgehead atoms. The molecule has 0 spiro atoms. The number of hydrogen-bond acceptors (Lipinski definition) is 1. The third-order valence-corrected chi connectivity index (χ3v) is 11.7. The van der Waals surface area contributed by atoms with Crippen molar-refractivity contribution in [1.82, 2.24) is 0 Å². The molecule has 0 saturated heterocycles. The van der Waals surface area contributed by atoms with E-state index in [-0.39, 0.29) is 0 Å². The normalized spacial score (nSPS) is 45.6. The highest BCUT2D eigenvalue weighted by molar-refractivity contribution is 5.79. The van der Waals surface area contributed by atoms with E-state index in [4.69, 9.17) is 0 Å². The summed E-state index contributed by atoms with van der Waals surface area (Å²) >= 11 is 0. The second-order valence-electron chi connectivity index (χ2n) is 13.1. The van der Waals surface area contributed by atoms with E-state index in [0.717, 1.165) is 54.3 Å². The molecule has 0 radical (unpaired) electrons. The fourth-order valence-corrected chi connectivity index (χ4v) is 9.71. The molecular weight excluding hydrogens is 364 g/mol. The lowest BCUT2D eigenvalue weighted by atomic mass is 9.44. The molecule has 4 rings (SSSR count). The maximum absolute atomic E-state index is 12.1. The number of rotatable bonds is 6. The highest BCUT2D eigenvalue weighted by atomic mass is 16.1. The van der Waals surface area contributed by atoms with Crippen molar-refractivity contribution in [2.45, 2.75) is 119 Å². The minimum Gasteiger partial charge on any atom is -0.300 e. The molecule has 1 nitrogen and oxygen atoms in total. The van der Waals surface area contributed by atoms with Crippen molar-refractivity contribution >= 4 is 5.78 Å². The van der Waals surface area contributed by atoms with Gasteiger partial charge in [0.2, 0.25) is 0 Å². The van der Waals surface area contributed by atoms with Gasteiger partial charge in [-0.15, -0.1) is 0 Å². The first-order valence-corrected chi connectivity index (χ1v) is 13.7. The molecule has 0 amide bonds. The summed E-state index contributed by atoms with van der Waals surface area (Å²) in [6.07, 6.45) is 15.8. The zero-order valence-electron chi connectivity index (χ0n) is 21.0. The van der Waals surface area contributed by atoms with Gasteiger partial charge < -0.3 is 0 Å². The number of carbonyl (C=O) groups excluding carboxylic acids is 1. The van der Waals surface area contributed by atoms with Crippen LogP contribution in [0.15, 0.2) is 0 Å². The van der Waals surface area contributed by atoms with Crippen LogP contribution in [0, 0.1) is 58.2 Å². The largest absolute Gasteiger partial charge is 0.300 e. The van der Waals surface area contributed by atoms with Crippen LogP contribution < -0.4 is 0 Å². The van der Waals surface area contributed by atoms with E-state index in [1.165, 1.54) is 64.2 Å². The number of carbonyl (C=O) groups is 1. The van der Waals surface area contributed by atoms with Gasteiger partial charge in [0, 0.05) is 12.8 Å². The minimum atomic E-state index is 0.466. The van der Waals surface area contributed by atoms with Crippen LogP contribution in [0.5, 0.6) is 0 Å². The standard InChI is InChI=1S/C29H50O/c1-7-21(19(2)3)9-8-20(4)25-12-13-26-24-11-10-22-18-23(30)14-16-28(22,5)27(24)15-17-29(25,26)6/h19-22,24-27H,7-18H2,1-6H3. The maximum Gasteiger partial charge on any atom is 0.133 e. The van der Waals surface area contributed by atoms with Gasteiger partial charge in [-0.3, -0.25) is 4.79 Å². The third-order valence-electron chi connectivity index (χ3n) is 11.7. The number of ketones is 1. The molecule has 1 heteroatoms. The van der Waals surface area contributed by atoms with E-state index < -0.39 is 0 Å². The van der Waals surface area contributed by atoms with Gasteiger partial charge in [0.1, 0.15) is 5.78 Å². The number of hydrogen-bond donors (Lipinski definition) is 0. The van der Waals surface area contributed by atoms with E-state index in [1.54, 1.807) is 0 Å². The van der Waals surface area contributed by atoms with E-state index >= 15 is 0 Å². The predicted octanol–water partition coefficient (Wildman–Crippen LogP) is 8.31. The fourth-order valence-electron chi connectivity index (χ4n) is 9.71. The molecular formula is C29H50O. The smallest absolute Gasteiger partial charge is 0.133 e. The first-order chi connectivity index (χ1) is 14.2. The Kier molecular flexibility index (Phi) is 6.51. The lowest BCUT2D eigenvalue weighted by Crippen LogP contribution is -2.53. The molecule has 4 aliphatic carbocycles. The van der Waals surface area contributed by atoms with Crippen molar-refractivity contribution in [2.24, 2.45) is 58.2 Å². The lowest BCUT2D eigenvalue weighted by molar-refractivity contribution is -0.140. The van der Waals surface area contributed by atoms with Gasteiger partial charge in [-0.25, -0.2) is 0 Å². The molecule has 30 heavy (non-hydrogen) atoms. The summed E-state index contributed by atoms with van der Waals surface area (Å²) in [7, 11) is 0. The van der Waals surface area contributed by atoms with Gasteiger partial charge in [-0.2, -0.15) is 0 Å². The molecule has 172 valence electrons. The van der Waals surface area contributed by atoms with E-state index in [2.05, 4.69) is 41.5 Å². The van der Waals surface area contributed by atoms with Crippen molar-refractivity contribution in [3.8, 4) is 0 Å². The summed E-state index contributed by atoms with van der Waals surface area (Å²) in [6, 6.07) is 0. The molecule has 0 aromatic carbocycles. The van der Waals surface area contributed by atoms with E-state index in [0.29, 0.717) is 22.5 Å². The molecule has 0 N–H and O–H groups in total. The average molecular weight is 415 g/mol. The van der Waals surface area contributed by atoms with Gasteiger partial charge in [-0.05, 0) is 110 Å². The molecule has 9 unspecified atom stereocenters. The minimum absolute atomic E-state index is 0.466. The van der Waals surface area contributed by atoms with E-state index in [1.807, 2.05) is 0 Å². The summed E-state index contributed by atoms with van der Waals surface area (Å²) in [6.45, 7) is 15.1. The summed E-state index contributed by atoms with van der Waals surface area (Å²) in [5.41, 5.74) is 1.06. The van der Waals surface area contributed by atoms with Gasteiger partial charge in [0.25, 0.3) is 0 Å². The quantitative estimate of drug-likeness (QED) is 0.427. The molecule has 0 aromatic heterocycles. The average Bonchev–Trinajstić information content (AvgIpc) is 3.06. The number of fused-ring (bicyclic) bond motifs is 5. The third kappa shape index (κ3) is 3.73. The Morgan fingerprint density at radius 2 is 1.63 bits per heavy atom. The van der Waals surface area contributed by atoms with Crippen LogP contribution in [0.25, 0.3) is 0 Å². The molecule has 0 aliphatic heterocycles. The van der Waals surface area contributed by atoms with Crippen LogP contribution in [0.1, 0.15) is 119 Å². The van der Waals surface area contributed by atoms with Crippen LogP contribution >= 0.6 is 0 Å². The van der Waals surface area contributed by atoms with Crippen LogP contribution in [0.4, 0.5) is 0 Å². The van der Waals surface area contributed by atoms with Crippen molar-refractivity contribution < 1.29 is 4.79 Å². The van der Waals surface area contributed by atoms with Crippen LogP contribution in [0.2, 0.25) is 0 Å². The van der Waals surface area contributed by atoms with Gasteiger partial charge >= 0.3 is 0 Å². The molecule has 0 aromatic rings. The topological polar surface area (TPSA) is 17.1 Å². The van der Waals surface area contributed by atoms with Gasteiger partial charge in [-0.1, -0.05) is 54.4 Å². The molecule has 4 fully saturated rings. The predicted molar refractivity (Wildman–Crippen MR) is 127 cm³/mol. The first-order valence-electron chi connectivity index (χ1n) is 13.7. The van der Waals surface area contributed by atoms with Crippen molar-refractivity contribution in [2.75, 3.05) is 0 Å². The first kappa shape index (κ1) is 22.8. The van der Waals surface area contributed by atoms with Crippen molar-refractivity contribution in [3.63, 3.8) is 0 Å². The Bertz CT molecular complexity index is 622. The summed E-state index contributed by atoms with van der Waals surface area (Å²) in [5, 5.41) is 0. The molecule has 4 aliphatic rings. The Labute approximate surface area is 187 Å². The van der Waals surface area contributed by atoms with Crippen LogP contribution in [-0.2, 0) is 4.79 Å². The molecule has 9 atom stereocenters. The van der Waals surface area contributed by atoms with Gasteiger partial charge in [0.05, 0.1) is 0 Å². The van der Waals surface area contributed by atoms with Crippen LogP contribution in [-0.4, -0.2) is 5.78 Å². The zero-order chi connectivity index (χ0) is 21.7. The SMILES string of the molecule is CCC(CCC(C)C1CCC2C3CCC4CC(=O)CCC4(C)C3CCC12C)C(C)C. The Morgan fingerprint density at radius 3 is 2.33 bits per heavy atom. The lowest BCUT2D eigenvalue weighted by Gasteiger charge is -2.60. The highest BCUT2D eigenvalue weighted by Gasteiger charge is 2.60. The fraction of sp³-hybridized carbons (Fsp3) is 0.966. The van der Waals surface area contributed by atoms with Crippen molar-refractivity contribution in [1.29, 1.82) is 0 Å². The Balaban J connectivity index is 1.45. The monoisotopic (exact) mass is 414 g/mol. The second-order valence-corrected chi connectivity index (χ2v) is 13.1.